The molecule has 0 aliphatic rings. The summed E-state index contributed by atoms with van der Waals surface area (Å²) in [6.45, 7) is 0.927. The van der Waals surface area contributed by atoms with E-state index in [4.69, 9.17) is 5.73 Å². The van der Waals surface area contributed by atoms with E-state index in [0.717, 1.165) is 25.2 Å². The van der Waals surface area contributed by atoms with Gasteiger partial charge in [0.2, 0.25) is 0 Å². The van der Waals surface area contributed by atoms with Gasteiger partial charge in [0.05, 0.1) is 11.9 Å². The van der Waals surface area contributed by atoms with Crippen LogP contribution in [0.15, 0.2) is 42.9 Å². The summed E-state index contributed by atoms with van der Waals surface area (Å²) in [6, 6.07) is 10.5. The molecule has 4 heteroatoms. The minimum Gasteiger partial charge on any atom is -0.394 e. The van der Waals surface area contributed by atoms with Crippen molar-refractivity contribution in [2.45, 2.75) is 12.8 Å². The maximum Gasteiger partial charge on any atom is 0.154 e. The highest BCUT2D eigenvalue weighted by molar-refractivity contribution is 5.60. The van der Waals surface area contributed by atoms with E-state index < -0.39 is 0 Å². The Labute approximate surface area is 107 Å². The molecule has 0 amide bonds. The second kappa shape index (κ2) is 6.00. The average molecular weight is 242 g/mol. The van der Waals surface area contributed by atoms with E-state index in [1.54, 1.807) is 6.20 Å². The first-order chi connectivity index (χ1) is 8.77. The summed E-state index contributed by atoms with van der Waals surface area (Å²) in [5, 5.41) is 0. The molecular weight excluding hydrogens is 224 g/mol. The van der Waals surface area contributed by atoms with Crippen LogP contribution in [0.25, 0.3) is 0 Å². The van der Waals surface area contributed by atoms with Crippen LogP contribution in [-0.2, 0) is 6.42 Å². The molecule has 18 heavy (non-hydrogen) atoms. The van der Waals surface area contributed by atoms with E-state index in [1.807, 2.05) is 13.1 Å². The third-order valence-electron chi connectivity index (χ3n) is 2.88. The fraction of sp³-hybridized carbons (Fsp3) is 0.286. The van der Waals surface area contributed by atoms with Gasteiger partial charge >= 0.3 is 0 Å². The molecule has 2 N–H and O–H groups in total. The van der Waals surface area contributed by atoms with Crippen LogP contribution in [0.5, 0.6) is 0 Å². The van der Waals surface area contributed by atoms with Crippen LogP contribution in [-0.4, -0.2) is 23.6 Å². The molecule has 2 rings (SSSR count). The van der Waals surface area contributed by atoms with Gasteiger partial charge in [-0.2, -0.15) is 0 Å². The normalized spacial score (nSPS) is 10.3. The molecule has 1 aromatic carbocycles. The summed E-state index contributed by atoms with van der Waals surface area (Å²) >= 11 is 0. The second-order valence-corrected chi connectivity index (χ2v) is 4.31. The molecule has 94 valence electrons. The number of nitrogens with two attached hydrogens (primary N) is 1. The van der Waals surface area contributed by atoms with E-state index >= 15 is 0 Å². The molecule has 0 saturated heterocycles. The smallest absolute Gasteiger partial charge is 0.154 e. The molecule has 0 unspecified atom stereocenters. The van der Waals surface area contributed by atoms with E-state index in [-0.39, 0.29) is 0 Å². The Hall–Kier alpha value is -2.10. The predicted octanol–water partition coefficient (Wildman–Crippen LogP) is 2.13. The van der Waals surface area contributed by atoms with Crippen LogP contribution < -0.4 is 10.6 Å². The highest BCUT2D eigenvalue weighted by Gasteiger charge is 2.05. The Balaban J connectivity index is 1.86. The van der Waals surface area contributed by atoms with Gasteiger partial charge in [-0.15, -0.1) is 0 Å². The maximum absolute atomic E-state index is 5.84. The SMILES string of the molecule is CN(CCCc1ccccc1)c1ncncc1N. The number of aromatic nitrogens is 2. The number of hydrogen-bond donors (Lipinski definition) is 1. The van der Waals surface area contributed by atoms with Crippen molar-refractivity contribution in [1.29, 1.82) is 0 Å². The summed E-state index contributed by atoms with van der Waals surface area (Å²) in [5.41, 5.74) is 7.82. The molecule has 1 heterocycles. The molecule has 0 spiro atoms. The molecule has 0 bridgehead atoms. The number of benzene rings is 1. The zero-order valence-corrected chi connectivity index (χ0v) is 10.6. The molecule has 0 atom stereocenters. The average Bonchev–Trinajstić information content (AvgIpc) is 2.40. The first-order valence-electron chi connectivity index (χ1n) is 6.08. The minimum absolute atomic E-state index is 0.625. The molecule has 0 fully saturated rings. The van der Waals surface area contributed by atoms with Crippen molar-refractivity contribution in [3.05, 3.63) is 48.4 Å². The van der Waals surface area contributed by atoms with Crippen molar-refractivity contribution in [2.75, 3.05) is 24.2 Å². The van der Waals surface area contributed by atoms with Crippen molar-refractivity contribution < 1.29 is 0 Å². The van der Waals surface area contributed by atoms with Crippen molar-refractivity contribution in [3.8, 4) is 0 Å². The van der Waals surface area contributed by atoms with Crippen molar-refractivity contribution in [2.24, 2.45) is 0 Å². The number of nitrogens with zero attached hydrogens (tertiary/aromatic N) is 3. The topological polar surface area (TPSA) is 55.0 Å². The summed E-state index contributed by atoms with van der Waals surface area (Å²) in [4.78, 5) is 10.2. The highest BCUT2D eigenvalue weighted by Crippen LogP contribution is 2.16. The van der Waals surface area contributed by atoms with Gasteiger partial charge in [-0.05, 0) is 18.4 Å². The minimum atomic E-state index is 0.625. The number of aryl methyl sites for hydroxylation is 1. The summed E-state index contributed by atoms with van der Waals surface area (Å²) < 4.78 is 0. The molecule has 2 aromatic rings. The Morgan fingerprint density at radius 2 is 2.00 bits per heavy atom. The maximum atomic E-state index is 5.84. The monoisotopic (exact) mass is 242 g/mol. The van der Waals surface area contributed by atoms with Crippen molar-refractivity contribution in [3.63, 3.8) is 0 Å². The van der Waals surface area contributed by atoms with E-state index in [9.17, 15) is 0 Å². The molecule has 4 nitrogen and oxygen atoms in total. The lowest BCUT2D eigenvalue weighted by Crippen LogP contribution is -2.21. The Morgan fingerprint density at radius 3 is 2.72 bits per heavy atom. The van der Waals surface area contributed by atoms with Crippen molar-refractivity contribution in [1.82, 2.24) is 9.97 Å². The van der Waals surface area contributed by atoms with E-state index in [0.29, 0.717) is 5.69 Å². The van der Waals surface area contributed by atoms with Crippen LogP contribution in [0.4, 0.5) is 11.5 Å². The highest BCUT2D eigenvalue weighted by atomic mass is 15.2. The summed E-state index contributed by atoms with van der Waals surface area (Å²) in [5.74, 6) is 0.804. The lowest BCUT2D eigenvalue weighted by molar-refractivity contribution is 0.777. The van der Waals surface area contributed by atoms with Crippen LogP contribution in [0.1, 0.15) is 12.0 Å². The zero-order chi connectivity index (χ0) is 12.8. The van der Waals surface area contributed by atoms with Gasteiger partial charge in [-0.25, -0.2) is 9.97 Å². The standard InChI is InChI=1S/C14H18N4/c1-18(14-13(15)10-16-11-17-14)9-5-8-12-6-3-2-4-7-12/h2-4,6-7,10-11H,5,8-9,15H2,1H3. The lowest BCUT2D eigenvalue weighted by Gasteiger charge is -2.19. The third-order valence-corrected chi connectivity index (χ3v) is 2.88. The van der Waals surface area contributed by atoms with Crippen LogP contribution in [0, 0.1) is 0 Å². The fourth-order valence-corrected chi connectivity index (χ4v) is 1.92. The van der Waals surface area contributed by atoms with Gasteiger partial charge in [0.1, 0.15) is 6.33 Å². The van der Waals surface area contributed by atoms with E-state index in [1.165, 1.54) is 11.9 Å². The largest absolute Gasteiger partial charge is 0.394 e. The fourth-order valence-electron chi connectivity index (χ4n) is 1.92. The van der Waals surface area contributed by atoms with Crippen LogP contribution in [0.2, 0.25) is 0 Å². The Bertz CT molecular complexity index is 484. The molecule has 0 radical (unpaired) electrons. The third kappa shape index (κ3) is 3.20. The second-order valence-electron chi connectivity index (χ2n) is 4.31. The van der Waals surface area contributed by atoms with Gasteiger partial charge < -0.3 is 10.6 Å². The quantitative estimate of drug-likeness (QED) is 0.872. The number of nitrogen functional groups attached to an aromatic ring is 1. The summed E-state index contributed by atoms with van der Waals surface area (Å²) in [7, 11) is 2.00. The van der Waals surface area contributed by atoms with Gasteiger partial charge in [0.15, 0.2) is 5.82 Å². The van der Waals surface area contributed by atoms with Crippen LogP contribution >= 0.6 is 0 Å². The molecule has 0 aliphatic heterocycles. The Kier molecular flexibility index (Phi) is 4.12. The van der Waals surface area contributed by atoms with Gasteiger partial charge in [0.25, 0.3) is 0 Å². The number of rotatable bonds is 5. The van der Waals surface area contributed by atoms with Gasteiger partial charge in [-0.1, -0.05) is 30.3 Å². The molecule has 0 aliphatic carbocycles. The Morgan fingerprint density at radius 1 is 1.22 bits per heavy atom. The van der Waals surface area contributed by atoms with Gasteiger partial charge in [0, 0.05) is 13.6 Å². The number of anilines is 2. The zero-order valence-electron chi connectivity index (χ0n) is 10.6. The van der Waals surface area contributed by atoms with Crippen LogP contribution in [0.3, 0.4) is 0 Å². The molecule has 0 saturated carbocycles. The predicted molar refractivity (Wildman–Crippen MR) is 74.5 cm³/mol. The van der Waals surface area contributed by atoms with Crippen molar-refractivity contribution >= 4 is 11.5 Å². The number of hydrogen-bond acceptors (Lipinski definition) is 4. The first-order valence-corrected chi connectivity index (χ1v) is 6.08. The first kappa shape index (κ1) is 12.4. The van der Waals surface area contributed by atoms with E-state index in [2.05, 4.69) is 39.1 Å². The lowest BCUT2D eigenvalue weighted by atomic mass is 10.1. The molecule has 1 aromatic heterocycles. The summed E-state index contributed by atoms with van der Waals surface area (Å²) in [6.07, 6.45) is 5.30. The van der Waals surface area contributed by atoms with Gasteiger partial charge in [-0.3, -0.25) is 0 Å². The molecular formula is C14H18N4.